The second-order valence-electron chi connectivity index (χ2n) is 7.62. The molecule has 0 unspecified atom stereocenters. The maximum absolute atomic E-state index is 12.5. The fourth-order valence-electron chi connectivity index (χ4n) is 3.29. The molecule has 3 aromatic rings. The van der Waals surface area contributed by atoms with E-state index in [9.17, 15) is 13.2 Å². The highest BCUT2D eigenvalue weighted by atomic mass is 35.5. The molecule has 7 heteroatoms. The molecule has 0 bridgehead atoms. The molecule has 0 radical (unpaired) electrons. The van der Waals surface area contributed by atoms with Gasteiger partial charge in [0.1, 0.15) is 17.3 Å². The van der Waals surface area contributed by atoms with Gasteiger partial charge in [0.2, 0.25) is 5.89 Å². The maximum Gasteiger partial charge on any atom is 0.226 e. The van der Waals surface area contributed by atoms with Crippen LogP contribution in [-0.4, -0.2) is 24.9 Å². The van der Waals surface area contributed by atoms with E-state index in [2.05, 4.69) is 11.9 Å². The van der Waals surface area contributed by atoms with Crippen LogP contribution in [0, 0.1) is 6.92 Å². The summed E-state index contributed by atoms with van der Waals surface area (Å²) < 4.78 is 30.8. The van der Waals surface area contributed by atoms with Gasteiger partial charge in [0.15, 0.2) is 9.84 Å². The Morgan fingerprint density at radius 3 is 2.28 bits per heavy atom. The van der Waals surface area contributed by atoms with Crippen LogP contribution in [0.1, 0.15) is 49.8 Å². The standard InChI is InChI=1S/C24H26ClNO4S.CH4/c1-3-18-7-11-20(12-8-18)24-26-23(17(2)30-24)16-31(28,29)15-22(27)6-4-5-19-9-13-21(25)14-10-19;/h7-14H,3-6,15-16H2,1-2H3;1H4. The summed E-state index contributed by atoms with van der Waals surface area (Å²) in [4.78, 5) is 16.6. The van der Waals surface area contributed by atoms with Crippen LogP contribution in [-0.2, 0) is 33.2 Å². The topological polar surface area (TPSA) is 77.2 Å². The first-order valence-electron chi connectivity index (χ1n) is 10.3. The lowest BCUT2D eigenvalue weighted by Gasteiger charge is -2.04. The Morgan fingerprint density at radius 1 is 1.03 bits per heavy atom. The number of aryl methyl sites for hydroxylation is 3. The van der Waals surface area contributed by atoms with Crippen molar-refractivity contribution in [3.05, 3.63) is 76.1 Å². The van der Waals surface area contributed by atoms with Crippen molar-refractivity contribution in [3.8, 4) is 11.5 Å². The molecule has 0 fully saturated rings. The minimum Gasteiger partial charge on any atom is -0.441 e. The highest BCUT2D eigenvalue weighted by Crippen LogP contribution is 2.24. The van der Waals surface area contributed by atoms with Crippen LogP contribution in [0.2, 0.25) is 5.02 Å². The van der Waals surface area contributed by atoms with Crippen molar-refractivity contribution in [1.82, 2.24) is 4.98 Å². The molecule has 3 rings (SSSR count). The van der Waals surface area contributed by atoms with Crippen LogP contribution in [0.4, 0.5) is 0 Å². The summed E-state index contributed by atoms with van der Waals surface area (Å²) in [5, 5.41) is 0.662. The molecular weight excluding hydrogens is 446 g/mol. The molecule has 0 amide bonds. The first-order valence-corrected chi connectivity index (χ1v) is 12.5. The average molecular weight is 476 g/mol. The number of oxazole rings is 1. The van der Waals surface area contributed by atoms with Gasteiger partial charge in [-0.25, -0.2) is 13.4 Å². The quantitative estimate of drug-likeness (QED) is 0.359. The van der Waals surface area contributed by atoms with Crippen molar-refractivity contribution >= 4 is 27.2 Å². The number of Topliss-reactive ketones (excluding diaryl/α,β-unsaturated/α-hetero) is 1. The molecule has 0 aliphatic carbocycles. The Balaban J connectivity index is 0.00000363. The second kappa shape index (κ2) is 11.4. The molecule has 0 aliphatic heterocycles. The molecule has 172 valence electrons. The molecule has 0 atom stereocenters. The van der Waals surface area contributed by atoms with Crippen LogP contribution in [0.15, 0.2) is 52.9 Å². The van der Waals surface area contributed by atoms with Gasteiger partial charge < -0.3 is 4.42 Å². The molecule has 0 N–H and O–H groups in total. The summed E-state index contributed by atoms with van der Waals surface area (Å²) >= 11 is 5.86. The fourth-order valence-corrected chi connectivity index (χ4v) is 4.83. The molecule has 0 aliphatic rings. The number of hydrogen-bond donors (Lipinski definition) is 0. The monoisotopic (exact) mass is 475 g/mol. The lowest BCUT2D eigenvalue weighted by atomic mass is 10.1. The molecule has 1 heterocycles. The Morgan fingerprint density at radius 2 is 1.66 bits per heavy atom. The second-order valence-corrected chi connectivity index (χ2v) is 10.1. The summed E-state index contributed by atoms with van der Waals surface area (Å²) in [5.41, 5.74) is 3.41. The SMILES string of the molecule is C.CCc1ccc(-c2nc(CS(=O)(=O)CC(=O)CCCc3ccc(Cl)cc3)c(C)o2)cc1. The lowest BCUT2D eigenvalue weighted by Crippen LogP contribution is -2.18. The van der Waals surface area contributed by atoms with Gasteiger partial charge in [-0.2, -0.15) is 0 Å². The summed E-state index contributed by atoms with van der Waals surface area (Å²) in [6, 6.07) is 15.2. The molecular formula is C25H30ClNO4S. The van der Waals surface area contributed by atoms with Crippen molar-refractivity contribution in [2.45, 2.75) is 52.7 Å². The number of ketones is 1. The largest absolute Gasteiger partial charge is 0.441 e. The average Bonchev–Trinajstić information content (AvgIpc) is 3.08. The Hall–Kier alpha value is -2.44. The van der Waals surface area contributed by atoms with E-state index in [1.165, 1.54) is 5.56 Å². The van der Waals surface area contributed by atoms with E-state index in [1.807, 2.05) is 36.4 Å². The third kappa shape index (κ3) is 7.31. The van der Waals surface area contributed by atoms with Gasteiger partial charge in [0, 0.05) is 17.0 Å². The lowest BCUT2D eigenvalue weighted by molar-refractivity contribution is -0.116. The Labute approximate surface area is 195 Å². The number of rotatable bonds is 10. The van der Waals surface area contributed by atoms with Crippen molar-refractivity contribution in [2.24, 2.45) is 0 Å². The van der Waals surface area contributed by atoms with Gasteiger partial charge in [0.25, 0.3) is 0 Å². The molecule has 1 aromatic heterocycles. The zero-order chi connectivity index (χ0) is 22.4. The van der Waals surface area contributed by atoms with E-state index in [0.29, 0.717) is 35.2 Å². The fraction of sp³-hybridized carbons (Fsp3) is 0.360. The highest BCUT2D eigenvalue weighted by Gasteiger charge is 2.22. The van der Waals surface area contributed by atoms with Crippen molar-refractivity contribution in [2.75, 3.05) is 5.75 Å². The molecule has 32 heavy (non-hydrogen) atoms. The van der Waals surface area contributed by atoms with Crippen LogP contribution in [0.25, 0.3) is 11.5 Å². The molecule has 0 saturated carbocycles. The molecule has 5 nitrogen and oxygen atoms in total. The van der Waals surface area contributed by atoms with Crippen LogP contribution in [0.3, 0.4) is 0 Å². The van der Waals surface area contributed by atoms with E-state index in [-0.39, 0.29) is 25.4 Å². The van der Waals surface area contributed by atoms with Gasteiger partial charge in [-0.1, -0.05) is 50.2 Å². The van der Waals surface area contributed by atoms with Crippen LogP contribution in [0.5, 0.6) is 0 Å². The summed E-state index contributed by atoms with van der Waals surface area (Å²) in [7, 11) is -3.63. The molecule has 0 saturated heterocycles. The zero-order valence-electron chi connectivity index (χ0n) is 17.7. The molecule has 0 spiro atoms. The number of halogens is 1. The highest BCUT2D eigenvalue weighted by molar-refractivity contribution is 7.91. The predicted octanol–water partition coefficient (Wildman–Crippen LogP) is 6.01. The zero-order valence-corrected chi connectivity index (χ0v) is 19.3. The smallest absolute Gasteiger partial charge is 0.226 e. The first kappa shape index (κ1) is 25.8. The number of hydrogen-bond acceptors (Lipinski definition) is 5. The van der Waals surface area contributed by atoms with Gasteiger partial charge in [-0.05, 0) is 61.6 Å². The number of carbonyl (C=O) groups is 1. The number of sulfone groups is 1. The first-order chi connectivity index (χ1) is 14.8. The van der Waals surface area contributed by atoms with Crippen LogP contribution >= 0.6 is 11.6 Å². The summed E-state index contributed by atoms with van der Waals surface area (Å²) in [6.45, 7) is 3.77. The van der Waals surface area contributed by atoms with Crippen molar-refractivity contribution in [1.29, 1.82) is 0 Å². The third-order valence-corrected chi connectivity index (χ3v) is 6.80. The Bertz CT molecular complexity index is 1130. The van der Waals surface area contributed by atoms with Crippen molar-refractivity contribution in [3.63, 3.8) is 0 Å². The predicted molar refractivity (Wildman–Crippen MR) is 130 cm³/mol. The normalized spacial score (nSPS) is 11.2. The summed E-state index contributed by atoms with van der Waals surface area (Å²) in [6.07, 6.45) is 2.44. The van der Waals surface area contributed by atoms with Crippen LogP contribution < -0.4 is 0 Å². The van der Waals surface area contributed by atoms with Gasteiger partial charge in [0.05, 0.1) is 11.4 Å². The number of nitrogens with zero attached hydrogens (tertiary/aromatic N) is 1. The van der Waals surface area contributed by atoms with E-state index < -0.39 is 15.6 Å². The number of carbonyl (C=O) groups excluding carboxylic acids is 1. The minimum atomic E-state index is -3.63. The third-order valence-electron chi connectivity index (χ3n) is 5.07. The minimum absolute atomic E-state index is 0. The van der Waals surface area contributed by atoms with E-state index in [0.717, 1.165) is 17.5 Å². The maximum atomic E-state index is 12.5. The van der Waals surface area contributed by atoms with E-state index >= 15 is 0 Å². The van der Waals surface area contributed by atoms with Gasteiger partial charge in [-0.15, -0.1) is 0 Å². The molecule has 2 aromatic carbocycles. The van der Waals surface area contributed by atoms with Gasteiger partial charge >= 0.3 is 0 Å². The van der Waals surface area contributed by atoms with E-state index in [4.69, 9.17) is 16.0 Å². The Kier molecular flexibility index (Phi) is 9.22. The van der Waals surface area contributed by atoms with Crippen molar-refractivity contribution < 1.29 is 17.6 Å². The number of benzene rings is 2. The number of aromatic nitrogens is 1. The van der Waals surface area contributed by atoms with E-state index in [1.54, 1.807) is 19.1 Å². The van der Waals surface area contributed by atoms with Gasteiger partial charge in [-0.3, -0.25) is 4.79 Å². The summed E-state index contributed by atoms with van der Waals surface area (Å²) in [5.74, 6) is -0.239.